The smallest absolute Gasteiger partial charge is 0.320 e. The van der Waals surface area contributed by atoms with Gasteiger partial charge in [0, 0.05) is 12.8 Å². The van der Waals surface area contributed by atoms with Gasteiger partial charge in [0.1, 0.15) is 11.8 Å². The molecule has 0 saturated heterocycles. The molecule has 0 unspecified atom stereocenters. The van der Waals surface area contributed by atoms with E-state index in [1.165, 1.54) is 70.6 Å². The molecule has 0 aromatic rings. The summed E-state index contributed by atoms with van der Waals surface area (Å²) in [6.45, 7) is 4.06. The van der Waals surface area contributed by atoms with Crippen LogP contribution in [-0.2, 0) is 9.59 Å². The highest BCUT2D eigenvalue weighted by Gasteiger charge is 2.20. The third-order valence-corrected chi connectivity index (χ3v) is 5.34. The molecule has 0 aromatic carbocycles. The summed E-state index contributed by atoms with van der Waals surface area (Å²) in [5.74, 6) is -0.887. The van der Waals surface area contributed by atoms with E-state index in [1.54, 1.807) is 6.92 Å². The minimum atomic E-state index is -0.985. The van der Waals surface area contributed by atoms with Crippen LogP contribution in [0.25, 0.3) is 0 Å². The third-order valence-electron chi connectivity index (χ3n) is 5.34. The number of carbonyl (C=O) groups is 2. The minimum absolute atomic E-state index is 0.150. The van der Waals surface area contributed by atoms with Crippen molar-refractivity contribution >= 4 is 11.8 Å². The van der Waals surface area contributed by atoms with Crippen LogP contribution in [0.15, 0.2) is 0 Å². The number of carboxylic acids is 1. The Balaban J connectivity index is 3.34. The van der Waals surface area contributed by atoms with Crippen LogP contribution in [-0.4, -0.2) is 22.9 Å². The summed E-state index contributed by atoms with van der Waals surface area (Å²) < 4.78 is 0. The van der Waals surface area contributed by atoms with Gasteiger partial charge in [0.05, 0.1) is 0 Å². The molecule has 0 aliphatic rings. The highest BCUT2D eigenvalue weighted by atomic mass is 16.4. The van der Waals surface area contributed by atoms with Gasteiger partial charge in [-0.15, -0.1) is 0 Å². The molecule has 0 amide bonds. The molecular weight excluding hydrogens is 326 g/mol. The van der Waals surface area contributed by atoms with Crippen LogP contribution in [0, 0.1) is 5.92 Å². The van der Waals surface area contributed by atoms with E-state index in [0.717, 1.165) is 12.8 Å². The molecule has 26 heavy (non-hydrogen) atoms. The van der Waals surface area contributed by atoms with Gasteiger partial charge in [0.2, 0.25) is 0 Å². The average Bonchev–Trinajstić information content (AvgIpc) is 2.62. The summed E-state index contributed by atoms with van der Waals surface area (Å²) in [6, 6.07) is -0.862. The van der Waals surface area contributed by atoms with E-state index in [4.69, 9.17) is 10.8 Å². The minimum Gasteiger partial charge on any atom is -0.480 e. The Bertz CT molecular complexity index is 357. The van der Waals surface area contributed by atoms with E-state index in [1.807, 2.05) is 0 Å². The van der Waals surface area contributed by atoms with Crippen LogP contribution in [0.4, 0.5) is 0 Å². The standard InChI is InChI=1S/C22H43NO3/c1-3-4-5-6-7-8-9-10-11-12-13-14-15-16-20(24)18-17-19(2)21(23)22(25)26/h19,21H,3-18,23H2,1-2H3,(H,25,26)/t19-,21-/m0/s1. The van der Waals surface area contributed by atoms with E-state index < -0.39 is 12.0 Å². The molecule has 0 rings (SSSR count). The predicted molar refractivity (Wildman–Crippen MR) is 109 cm³/mol. The number of ketones is 1. The van der Waals surface area contributed by atoms with Gasteiger partial charge in [-0.2, -0.15) is 0 Å². The Morgan fingerprint density at radius 3 is 1.62 bits per heavy atom. The monoisotopic (exact) mass is 369 g/mol. The zero-order chi connectivity index (χ0) is 19.6. The van der Waals surface area contributed by atoms with Crippen LogP contribution < -0.4 is 5.73 Å². The molecule has 4 nitrogen and oxygen atoms in total. The summed E-state index contributed by atoms with van der Waals surface area (Å²) in [6.07, 6.45) is 18.6. The largest absolute Gasteiger partial charge is 0.480 e. The van der Waals surface area contributed by atoms with E-state index in [9.17, 15) is 9.59 Å². The van der Waals surface area contributed by atoms with Gasteiger partial charge in [0.25, 0.3) is 0 Å². The first kappa shape index (κ1) is 25.1. The molecule has 0 aliphatic heterocycles. The fourth-order valence-corrected chi connectivity index (χ4v) is 3.28. The Kier molecular flexibility index (Phi) is 16.9. The second kappa shape index (κ2) is 17.5. The van der Waals surface area contributed by atoms with E-state index >= 15 is 0 Å². The second-order valence-electron chi connectivity index (χ2n) is 7.91. The van der Waals surface area contributed by atoms with E-state index in [0.29, 0.717) is 19.3 Å². The Labute approximate surface area is 161 Å². The molecule has 4 heteroatoms. The van der Waals surface area contributed by atoms with Crippen LogP contribution in [0.5, 0.6) is 0 Å². The first-order valence-electron chi connectivity index (χ1n) is 11.0. The van der Waals surface area contributed by atoms with Gasteiger partial charge in [-0.05, 0) is 18.8 Å². The average molecular weight is 370 g/mol. The maximum absolute atomic E-state index is 11.9. The molecule has 0 radical (unpaired) electrons. The topological polar surface area (TPSA) is 80.4 Å². The van der Waals surface area contributed by atoms with Crippen LogP contribution in [0.1, 0.15) is 117 Å². The van der Waals surface area contributed by atoms with E-state index in [-0.39, 0.29) is 11.7 Å². The highest BCUT2D eigenvalue weighted by molar-refractivity contribution is 5.78. The number of carboxylic acid groups (broad SMARTS) is 1. The molecule has 0 fully saturated rings. The lowest BCUT2D eigenvalue weighted by molar-refractivity contribution is -0.140. The Hall–Kier alpha value is -0.900. The molecule has 0 bridgehead atoms. The third kappa shape index (κ3) is 15.4. The first-order valence-corrected chi connectivity index (χ1v) is 11.0. The summed E-state index contributed by atoms with van der Waals surface area (Å²) in [5, 5.41) is 8.84. The highest BCUT2D eigenvalue weighted by Crippen LogP contribution is 2.15. The number of nitrogens with two attached hydrogens (primary N) is 1. The van der Waals surface area contributed by atoms with Gasteiger partial charge in [-0.25, -0.2) is 0 Å². The maximum Gasteiger partial charge on any atom is 0.320 e. The van der Waals surface area contributed by atoms with Crippen LogP contribution in [0.2, 0.25) is 0 Å². The summed E-state index contributed by atoms with van der Waals surface area (Å²) >= 11 is 0. The number of Topliss-reactive ketones (excluding diaryl/α,β-unsaturated/α-hetero) is 1. The molecule has 0 spiro atoms. The zero-order valence-electron chi connectivity index (χ0n) is 17.3. The second-order valence-corrected chi connectivity index (χ2v) is 7.91. The SMILES string of the molecule is CCCCCCCCCCCCCCCC(=O)CC[C@H](C)[C@H](N)C(=O)O. The fourth-order valence-electron chi connectivity index (χ4n) is 3.28. The molecular formula is C22H43NO3. The lowest BCUT2D eigenvalue weighted by Crippen LogP contribution is -2.36. The van der Waals surface area contributed by atoms with Crippen molar-refractivity contribution in [2.24, 2.45) is 11.7 Å². The zero-order valence-corrected chi connectivity index (χ0v) is 17.3. The van der Waals surface area contributed by atoms with Crippen molar-refractivity contribution in [1.29, 1.82) is 0 Å². The molecule has 0 aliphatic carbocycles. The lowest BCUT2D eigenvalue weighted by Gasteiger charge is -2.14. The maximum atomic E-state index is 11.9. The quantitative estimate of drug-likeness (QED) is 0.279. The molecule has 2 atom stereocenters. The van der Waals surface area contributed by atoms with Gasteiger partial charge in [0.15, 0.2) is 0 Å². The Morgan fingerprint density at radius 1 is 0.769 bits per heavy atom. The number of aliphatic carboxylic acids is 1. The summed E-state index contributed by atoms with van der Waals surface area (Å²) in [5.41, 5.74) is 5.56. The molecule has 0 heterocycles. The van der Waals surface area contributed by atoms with Crippen LogP contribution in [0.3, 0.4) is 0 Å². The van der Waals surface area contributed by atoms with Crippen molar-refractivity contribution in [2.75, 3.05) is 0 Å². The van der Waals surface area contributed by atoms with E-state index in [2.05, 4.69) is 6.92 Å². The van der Waals surface area contributed by atoms with Crippen molar-refractivity contribution in [3.8, 4) is 0 Å². The van der Waals surface area contributed by atoms with Gasteiger partial charge >= 0.3 is 5.97 Å². The van der Waals surface area contributed by atoms with Crippen molar-refractivity contribution in [1.82, 2.24) is 0 Å². The van der Waals surface area contributed by atoms with Gasteiger partial charge in [-0.3, -0.25) is 9.59 Å². The first-order chi connectivity index (χ1) is 12.5. The van der Waals surface area contributed by atoms with Gasteiger partial charge < -0.3 is 10.8 Å². The number of rotatable bonds is 19. The molecule has 0 saturated carbocycles. The number of carbonyl (C=O) groups excluding carboxylic acids is 1. The normalized spacial score (nSPS) is 13.5. The predicted octanol–water partition coefficient (Wildman–Crippen LogP) is 5.87. The molecule has 3 N–H and O–H groups in total. The number of hydrogen-bond acceptors (Lipinski definition) is 3. The van der Waals surface area contributed by atoms with Crippen molar-refractivity contribution < 1.29 is 14.7 Å². The van der Waals surface area contributed by atoms with Crippen molar-refractivity contribution in [2.45, 2.75) is 123 Å². The van der Waals surface area contributed by atoms with Crippen molar-refractivity contribution in [3.63, 3.8) is 0 Å². The summed E-state index contributed by atoms with van der Waals surface area (Å²) in [7, 11) is 0. The number of unbranched alkanes of at least 4 members (excludes halogenated alkanes) is 12. The number of hydrogen-bond donors (Lipinski definition) is 2. The molecule has 0 aromatic heterocycles. The van der Waals surface area contributed by atoms with Crippen LogP contribution >= 0.6 is 0 Å². The fraction of sp³-hybridized carbons (Fsp3) is 0.909. The van der Waals surface area contributed by atoms with Crippen molar-refractivity contribution in [3.05, 3.63) is 0 Å². The molecule has 154 valence electrons. The van der Waals surface area contributed by atoms with Gasteiger partial charge in [-0.1, -0.05) is 90.9 Å². The Morgan fingerprint density at radius 2 is 1.19 bits per heavy atom. The lowest BCUT2D eigenvalue weighted by atomic mass is 9.95. The summed E-state index contributed by atoms with van der Waals surface area (Å²) in [4.78, 5) is 22.6.